The Balaban J connectivity index is 2.09. The standard InChI is InChI=1S/C11H12N4O2/c1-14(9-3-2-4-10(16)7-9)11(17)8-15-6-5-12-13-15/h2-7,16H,8H2,1H3. The van der Waals surface area contributed by atoms with E-state index in [1.54, 1.807) is 31.4 Å². The highest BCUT2D eigenvalue weighted by molar-refractivity contribution is 5.92. The number of rotatable bonds is 3. The van der Waals surface area contributed by atoms with Crippen LogP contribution in [-0.2, 0) is 11.3 Å². The second-order valence-electron chi connectivity index (χ2n) is 3.57. The molecule has 0 aliphatic heterocycles. The zero-order chi connectivity index (χ0) is 12.3. The maximum atomic E-state index is 11.9. The van der Waals surface area contributed by atoms with Gasteiger partial charge in [-0.05, 0) is 12.1 Å². The Morgan fingerprint density at radius 2 is 2.35 bits per heavy atom. The van der Waals surface area contributed by atoms with Gasteiger partial charge < -0.3 is 10.0 Å². The monoisotopic (exact) mass is 232 g/mol. The van der Waals surface area contributed by atoms with Crippen LogP contribution in [0.15, 0.2) is 36.7 Å². The van der Waals surface area contributed by atoms with Crippen LogP contribution in [0, 0.1) is 0 Å². The quantitative estimate of drug-likeness (QED) is 0.843. The van der Waals surface area contributed by atoms with E-state index in [0.29, 0.717) is 5.69 Å². The topological polar surface area (TPSA) is 71.2 Å². The summed E-state index contributed by atoms with van der Waals surface area (Å²) in [5.41, 5.74) is 0.634. The predicted molar refractivity (Wildman–Crippen MR) is 61.5 cm³/mol. The molecule has 1 heterocycles. The zero-order valence-electron chi connectivity index (χ0n) is 9.32. The molecule has 2 aromatic rings. The average Bonchev–Trinajstić information content (AvgIpc) is 2.80. The first-order chi connectivity index (χ1) is 8.16. The molecule has 0 spiro atoms. The summed E-state index contributed by atoms with van der Waals surface area (Å²) in [6.07, 6.45) is 3.13. The smallest absolute Gasteiger partial charge is 0.248 e. The van der Waals surface area contributed by atoms with Crippen molar-refractivity contribution in [2.75, 3.05) is 11.9 Å². The number of benzene rings is 1. The largest absolute Gasteiger partial charge is 0.508 e. The number of hydrogen-bond donors (Lipinski definition) is 1. The zero-order valence-corrected chi connectivity index (χ0v) is 9.32. The van der Waals surface area contributed by atoms with Crippen molar-refractivity contribution in [1.82, 2.24) is 15.0 Å². The lowest BCUT2D eigenvalue weighted by atomic mass is 10.3. The van der Waals surface area contributed by atoms with E-state index in [1.807, 2.05) is 0 Å². The van der Waals surface area contributed by atoms with Gasteiger partial charge in [0, 0.05) is 25.0 Å². The fourth-order valence-corrected chi connectivity index (χ4v) is 1.41. The van der Waals surface area contributed by atoms with E-state index in [4.69, 9.17) is 0 Å². The van der Waals surface area contributed by atoms with Crippen LogP contribution in [-0.4, -0.2) is 33.1 Å². The minimum Gasteiger partial charge on any atom is -0.508 e. The molecule has 0 aliphatic carbocycles. The molecular weight excluding hydrogens is 220 g/mol. The van der Waals surface area contributed by atoms with Crippen LogP contribution in [0.2, 0.25) is 0 Å². The molecule has 1 aromatic carbocycles. The van der Waals surface area contributed by atoms with E-state index in [1.165, 1.54) is 21.8 Å². The second kappa shape index (κ2) is 4.65. The molecule has 6 heteroatoms. The number of amides is 1. The van der Waals surface area contributed by atoms with Crippen molar-refractivity contribution in [1.29, 1.82) is 0 Å². The third-order valence-electron chi connectivity index (χ3n) is 2.36. The lowest BCUT2D eigenvalue weighted by molar-refractivity contribution is -0.119. The summed E-state index contributed by atoms with van der Waals surface area (Å²) >= 11 is 0. The summed E-state index contributed by atoms with van der Waals surface area (Å²) in [6.45, 7) is 0.117. The highest BCUT2D eigenvalue weighted by Crippen LogP contribution is 2.18. The van der Waals surface area contributed by atoms with Crippen LogP contribution < -0.4 is 4.90 Å². The van der Waals surface area contributed by atoms with Crippen molar-refractivity contribution in [3.63, 3.8) is 0 Å². The van der Waals surface area contributed by atoms with Crippen molar-refractivity contribution in [3.8, 4) is 5.75 Å². The number of likely N-dealkylation sites (N-methyl/N-ethyl adjacent to an activating group) is 1. The molecule has 88 valence electrons. The number of aromatic nitrogens is 3. The maximum Gasteiger partial charge on any atom is 0.248 e. The van der Waals surface area contributed by atoms with E-state index in [-0.39, 0.29) is 18.2 Å². The van der Waals surface area contributed by atoms with Gasteiger partial charge >= 0.3 is 0 Å². The van der Waals surface area contributed by atoms with E-state index >= 15 is 0 Å². The Morgan fingerprint density at radius 3 is 3.00 bits per heavy atom. The molecule has 0 atom stereocenters. The number of hydrogen-bond acceptors (Lipinski definition) is 4. The predicted octanol–water partition coefficient (Wildman–Crippen LogP) is 0.647. The number of aromatic hydroxyl groups is 1. The lowest BCUT2D eigenvalue weighted by Gasteiger charge is -2.17. The van der Waals surface area contributed by atoms with E-state index in [2.05, 4.69) is 10.3 Å². The number of nitrogens with zero attached hydrogens (tertiary/aromatic N) is 4. The summed E-state index contributed by atoms with van der Waals surface area (Å²) < 4.78 is 1.45. The minimum atomic E-state index is -0.138. The Kier molecular flexibility index (Phi) is 3.04. The third kappa shape index (κ3) is 2.60. The van der Waals surface area contributed by atoms with Crippen molar-refractivity contribution in [2.45, 2.75) is 6.54 Å². The van der Waals surface area contributed by atoms with Gasteiger partial charge in [0.1, 0.15) is 12.3 Å². The summed E-state index contributed by atoms with van der Waals surface area (Å²) in [7, 11) is 1.65. The second-order valence-corrected chi connectivity index (χ2v) is 3.57. The Hall–Kier alpha value is -2.37. The normalized spacial score (nSPS) is 10.2. The third-order valence-corrected chi connectivity index (χ3v) is 2.36. The molecule has 0 saturated heterocycles. The summed E-state index contributed by atoms with van der Waals surface area (Å²) in [5, 5.41) is 16.7. The molecule has 0 bridgehead atoms. The Morgan fingerprint density at radius 1 is 1.53 bits per heavy atom. The summed E-state index contributed by atoms with van der Waals surface area (Å²) in [5.74, 6) is -0.0102. The number of phenols is 1. The molecule has 0 fully saturated rings. The van der Waals surface area contributed by atoms with Gasteiger partial charge in [-0.3, -0.25) is 4.79 Å². The van der Waals surface area contributed by atoms with E-state index in [0.717, 1.165) is 0 Å². The molecule has 17 heavy (non-hydrogen) atoms. The van der Waals surface area contributed by atoms with Gasteiger partial charge in [-0.1, -0.05) is 11.3 Å². The molecular formula is C11H12N4O2. The Labute approximate surface area is 98.1 Å². The highest BCUT2D eigenvalue weighted by Gasteiger charge is 2.12. The van der Waals surface area contributed by atoms with Gasteiger partial charge in [0.25, 0.3) is 0 Å². The van der Waals surface area contributed by atoms with Gasteiger partial charge in [0.15, 0.2) is 0 Å². The first kappa shape index (κ1) is 11.1. The molecule has 0 saturated carbocycles. The molecule has 0 unspecified atom stereocenters. The first-order valence-corrected chi connectivity index (χ1v) is 5.06. The highest BCUT2D eigenvalue weighted by atomic mass is 16.3. The van der Waals surface area contributed by atoms with Crippen molar-refractivity contribution in [2.24, 2.45) is 0 Å². The van der Waals surface area contributed by atoms with Crippen molar-refractivity contribution >= 4 is 11.6 Å². The van der Waals surface area contributed by atoms with Crippen LogP contribution in [0.25, 0.3) is 0 Å². The molecule has 1 N–H and O–H groups in total. The van der Waals surface area contributed by atoms with E-state index < -0.39 is 0 Å². The van der Waals surface area contributed by atoms with Crippen LogP contribution in [0.4, 0.5) is 5.69 Å². The van der Waals surface area contributed by atoms with Gasteiger partial charge in [-0.25, -0.2) is 4.68 Å². The average molecular weight is 232 g/mol. The molecule has 0 aliphatic rings. The number of carbonyl (C=O) groups excluding carboxylic acids is 1. The SMILES string of the molecule is CN(C(=O)Cn1ccnn1)c1cccc(O)c1. The fourth-order valence-electron chi connectivity index (χ4n) is 1.41. The molecule has 2 rings (SSSR count). The van der Waals surface area contributed by atoms with Crippen LogP contribution in [0.5, 0.6) is 5.75 Å². The summed E-state index contributed by atoms with van der Waals surface area (Å²) in [6, 6.07) is 6.52. The fraction of sp³-hybridized carbons (Fsp3) is 0.182. The number of phenolic OH excluding ortho intramolecular Hbond substituents is 1. The van der Waals surface area contributed by atoms with Gasteiger partial charge in [-0.2, -0.15) is 0 Å². The minimum absolute atomic E-state index is 0.117. The first-order valence-electron chi connectivity index (χ1n) is 5.06. The summed E-state index contributed by atoms with van der Waals surface area (Å²) in [4.78, 5) is 13.3. The Bertz CT molecular complexity index is 510. The van der Waals surface area contributed by atoms with Crippen LogP contribution in [0.3, 0.4) is 0 Å². The molecule has 1 aromatic heterocycles. The van der Waals surface area contributed by atoms with Crippen molar-refractivity contribution < 1.29 is 9.90 Å². The molecule has 0 radical (unpaired) electrons. The van der Waals surface area contributed by atoms with Gasteiger partial charge in [0.05, 0.1) is 6.20 Å². The van der Waals surface area contributed by atoms with Crippen LogP contribution in [0.1, 0.15) is 0 Å². The maximum absolute atomic E-state index is 11.9. The van der Waals surface area contributed by atoms with Gasteiger partial charge in [-0.15, -0.1) is 5.10 Å². The van der Waals surface area contributed by atoms with Crippen LogP contribution >= 0.6 is 0 Å². The lowest BCUT2D eigenvalue weighted by Crippen LogP contribution is -2.30. The number of anilines is 1. The van der Waals surface area contributed by atoms with E-state index in [9.17, 15) is 9.90 Å². The molecule has 1 amide bonds. The van der Waals surface area contributed by atoms with Gasteiger partial charge in [0.2, 0.25) is 5.91 Å². The molecule has 6 nitrogen and oxygen atoms in total. The number of carbonyl (C=O) groups is 1. The van der Waals surface area contributed by atoms with Crippen molar-refractivity contribution in [3.05, 3.63) is 36.7 Å².